The molecule has 3 heteroatoms. The Hall–Kier alpha value is -3.07. The predicted molar refractivity (Wildman–Crippen MR) is 106 cm³/mol. The summed E-state index contributed by atoms with van der Waals surface area (Å²) in [5, 5.41) is 6.73. The second kappa shape index (κ2) is 7.44. The van der Waals surface area contributed by atoms with Crippen molar-refractivity contribution in [2.75, 3.05) is 11.9 Å². The summed E-state index contributed by atoms with van der Waals surface area (Å²) in [6, 6.07) is 26.3. The molecule has 26 heavy (non-hydrogen) atoms. The van der Waals surface area contributed by atoms with Gasteiger partial charge in [0.15, 0.2) is 0 Å². The van der Waals surface area contributed by atoms with Crippen molar-refractivity contribution in [3.63, 3.8) is 0 Å². The lowest BCUT2D eigenvalue weighted by Gasteiger charge is -2.20. The Morgan fingerprint density at radius 2 is 1.62 bits per heavy atom. The van der Waals surface area contributed by atoms with Crippen LogP contribution in [0.2, 0.25) is 0 Å². The first-order chi connectivity index (χ1) is 12.8. The van der Waals surface area contributed by atoms with Gasteiger partial charge in [-0.05, 0) is 53.8 Å². The third-order valence-electron chi connectivity index (χ3n) is 4.86. The molecule has 1 atom stereocenters. The van der Waals surface area contributed by atoms with Gasteiger partial charge in [-0.2, -0.15) is 0 Å². The molecule has 2 N–H and O–H groups in total. The van der Waals surface area contributed by atoms with Crippen molar-refractivity contribution in [3.8, 4) is 11.1 Å². The van der Waals surface area contributed by atoms with Gasteiger partial charge in [0.05, 0.1) is 6.04 Å². The number of rotatable bonds is 3. The third-order valence-corrected chi connectivity index (χ3v) is 4.86. The highest BCUT2D eigenvalue weighted by molar-refractivity contribution is 5.94. The standard InChI is InChI=1S/C23H22N2O/c26-23(18-10-5-2-6-11-18)25-22-12-7-15-24-21-14-13-19(16-20(21)22)17-8-3-1-4-9-17/h1-6,8-11,13-14,16,22,24H,7,12,15H2,(H,25,26). The summed E-state index contributed by atoms with van der Waals surface area (Å²) in [6.45, 7) is 0.926. The van der Waals surface area contributed by atoms with Gasteiger partial charge in [0.25, 0.3) is 5.91 Å². The molecule has 1 unspecified atom stereocenters. The quantitative estimate of drug-likeness (QED) is 0.701. The van der Waals surface area contributed by atoms with E-state index in [4.69, 9.17) is 0 Å². The van der Waals surface area contributed by atoms with Crippen LogP contribution in [-0.2, 0) is 0 Å². The second-order valence-electron chi connectivity index (χ2n) is 6.63. The van der Waals surface area contributed by atoms with Gasteiger partial charge in [-0.1, -0.05) is 54.6 Å². The molecule has 0 bridgehead atoms. The minimum absolute atomic E-state index is 0.0105. The molecule has 4 rings (SSSR count). The molecule has 0 radical (unpaired) electrons. The van der Waals surface area contributed by atoms with Crippen LogP contribution < -0.4 is 10.6 Å². The number of fused-ring (bicyclic) bond motifs is 1. The number of amides is 1. The fourth-order valence-corrected chi connectivity index (χ4v) is 3.49. The first-order valence-corrected chi connectivity index (χ1v) is 9.10. The van der Waals surface area contributed by atoms with Gasteiger partial charge >= 0.3 is 0 Å². The molecule has 1 heterocycles. The lowest BCUT2D eigenvalue weighted by molar-refractivity contribution is 0.0935. The Labute approximate surface area is 154 Å². The number of hydrogen-bond acceptors (Lipinski definition) is 2. The molecule has 130 valence electrons. The van der Waals surface area contributed by atoms with E-state index in [1.807, 2.05) is 48.5 Å². The Bertz CT molecular complexity index is 891. The monoisotopic (exact) mass is 342 g/mol. The highest BCUT2D eigenvalue weighted by Gasteiger charge is 2.21. The summed E-state index contributed by atoms with van der Waals surface area (Å²) >= 11 is 0. The molecule has 1 aliphatic rings. The second-order valence-corrected chi connectivity index (χ2v) is 6.63. The fraction of sp³-hybridized carbons (Fsp3) is 0.174. The van der Waals surface area contributed by atoms with Crippen LogP contribution >= 0.6 is 0 Å². The van der Waals surface area contributed by atoms with Crippen molar-refractivity contribution in [2.24, 2.45) is 0 Å². The number of carbonyl (C=O) groups is 1. The minimum atomic E-state index is -0.0198. The minimum Gasteiger partial charge on any atom is -0.385 e. The van der Waals surface area contributed by atoms with E-state index < -0.39 is 0 Å². The summed E-state index contributed by atoms with van der Waals surface area (Å²) in [4.78, 5) is 12.7. The first-order valence-electron chi connectivity index (χ1n) is 9.10. The molecule has 0 aliphatic carbocycles. The van der Waals surface area contributed by atoms with Crippen LogP contribution in [-0.4, -0.2) is 12.5 Å². The summed E-state index contributed by atoms with van der Waals surface area (Å²) in [6.07, 6.45) is 1.95. The maximum atomic E-state index is 12.7. The highest BCUT2D eigenvalue weighted by Crippen LogP contribution is 2.33. The van der Waals surface area contributed by atoms with E-state index in [2.05, 4.69) is 41.0 Å². The molecule has 3 aromatic rings. The molecule has 3 aromatic carbocycles. The molecule has 0 aromatic heterocycles. The van der Waals surface area contributed by atoms with E-state index in [9.17, 15) is 4.79 Å². The van der Waals surface area contributed by atoms with Crippen LogP contribution in [0.4, 0.5) is 5.69 Å². The average Bonchev–Trinajstić information content (AvgIpc) is 2.91. The Morgan fingerprint density at radius 3 is 2.38 bits per heavy atom. The van der Waals surface area contributed by atoms with Crippen molar-refractivity contribution >= 4 is 11.6 Å². The van der Waals surface area contributed by atoms with Crippen LogP contribution in [0.25, 0.3) is 11.1 Å². The number of benzene rings is 3. The highest BCUT2D eigenvalue weighted by atomic mass is 16.1. The zero-order chi connectivity index (χ0) is 17.8. The van der Waals surface area contributed by atoms with Gasteiger partial charge < -0.3 is 10.6 Å². The lowest BCUT2D eigenvalue weighted by atomic mass is 9.96. The fourth-order valence-electron chi connectivity index (χ4n) is 3.49. The first kappa shape index (κ1) is 16.4. The van der Waals surface area contributed by atoms with E-state index in [1.54, 1.807) is 0 Å². The summed E-state index contributed by atoms with van der Waals surface area (Å²) in [5.41, 5.74) is 5.33. The van der Waals surface area contributed by atoms with Crippen LogP contribution in [0.5, 0.6) is 0 Å². The van der Waals surface area contributed by atoms with Crippen LogP contribution in [0.3, 0.4) is 0 Å². The molecule has 0 saturated heterocycles. The van der Waals surface area contributed by atoms with E-state index in [0.717, 1.165) is 30.6 Å². The number of nitrogens with one attached hydrogen (secondary N) is 2. The van der Waals surface area contributed by atoms with Gasteiger partial charge in [0.1, 0.15) is 0 Å². The summed E-state index contributed by atoms with van der Waals surface area (Å²) in [5.74, 6) is -0.0198. The average molecular weight is 342 g/mol. The van der Waals surface area contributed by atoms with Crippen LogP contribution in [0.1, 0.15) is 34.8 Å². The van der Waals surface area contributed by atoms with Crippen LogP contribution in [0, 0.1) is 0 Å². The van der Waals surface area contributed by atoms with Crippen molar-refractivity contribution in [1.82, 2.24) is 5.32 Å². The van der Waals surface area contributed by atoms with Gasteiger partial charge in [-0.3, -0.25) is 4.79 Å². The van der Waals surface area contributed by atoms with E-state index in [1.165, 1.54) is 11.1 Å². The maximum Gasteiger partial charge on any atom is 0.251 e. The van der Waals surface area contributed by atoms with Gasteiger partial charge in [-0.25, -0.2) is 0 Å². The van der Waals surface area contributed by atoms with Crippen molar-refractivity contribution in [2.45, 2.75) is 18.9 Å². The van der Waals surface area contributed by atoms with Crippen molar-refractivity contribution < 1.29 is 4.79 Å². The molecule has 0 saturated carbocycles. The van der Waals surface area contributed by atoms with Crippen molar-refractivity contribution in [1.29, 1.82) is 0 Å². The third kappa shape index (κ3) is 3.47. The van der Waals surface area contributed by atoms with Crippen LogP contribution in [0.15, 0.2) is 78.9 Å². The number of hydrogen-bond donors (Lipinski definition) is 2. The Morgan fingerprint density at radius 1 is 0.885 bits per heavy atom. The Balaban J connectivity index is 1.66. The predicted octanol–water partition coefficient (Wildman–Crippen LogP) is 5.03. The molecule has 1 amide bonds. The van der Waals surface area contributed by atoms with Gasteiger partial charge in [0, 0.05) is 17.8 Å². The normalized spacial score (nSPS) is 16.1. The topological polar surface area (TPSA) is 41.1 Å². The number of carbonyl (C=O) groups excluding carboxylic acids is 1. The summed E-state index contributed by atoms with van der Waals surface area (Å²) < 4.78 is 0. The summed E-state index contributed by atoms with van der Waals surface area (Å²) in [7, 11) is 0. The smallest absolute Gasteiger partial charge is 0.251 e. The molecule has 0 spiro atoms. The van der Waals surface area contributed by atoms with Gasteiger partial charge in [0.2, 0.25) is 0 Å². The van der Waals surface area contributed by atoms with E-state index in [-0.39, 0.29) is 11.9 Å². The maximum absolute atomic E-state index is 12.7. The number of anilines is 1. The molecular formula is C23H22N2O. The molecule has 0 fully saturated rings. The zero-order valence-corrected chi connectivity index (χ0v) is 14.6. The lowest BCUT2D eigenvalue weighted by Crippen LogP contribution is -2.28. The molecule has 3 nitrogen and oxygen atoms in total. The Kier molecular flexibility index (Phi) is 4.69. The molecular weight excluding hydrogens is 320 g/mol. The largest absolute Gasteiger partial charge is 0.385 e. The van der Waals surface area contributed by atoms with E-state index >= 15 is 0 Å². The van der Waals surface area contributed by atoms with Crippen molar-refractivity contribution in [3.05, 3.63) is 90.0 Å². The zero-order valence-electron chi connectivity index (χ0n) is 14.6. The van der Waals surface area contributed by atoms with Gasteiger partial charge in [-0.15, -0.1) is 0 Å². The van der Waals surface area contributed by atoms with E-state index in [0.29, 0.717) is 5.56 Å². The SMILES string of the molecule is O=C(NC1CCCNc2ccc(-c3ccccc3)cc21)c1ccccc1. The molecule has 1 aliphatic heterocycles.